The molecule has 0 amide bonds. The Labute approximate surface area is 201 Å². The molecule has 5 rings (SSSR count). The summed E-state index contributed by atoms with van der Waals surface area (Å²) in [7, 11) is 0. The van der Waals surface area contributed by atoms with Crippen molar-refractivity contribution in [3.05, 3.63) is 157 Å². The summed E-state index contributed by atoms with van der Waals surface area (Å²) in [6.45, 7) is 0. The molecule has 0 spiro atoms. The first-order chi connectivity index (χ1) is 16.8. The van der Waals surface area contributed by atoms with E-state index in [1.807, 2.05) is 103 Å². The van der Waals surface area contributed by atoms with E-state index in [-0.39, 0.29) is 5.97 Å². The molecule has 5 aromatic carbocycles. The first-order valence-electron chi connectivity index (χ1n) is 11.3. The molecular weight excluding hydrogens is 479 g/mol. The fourth-order valence-corrected chi connectivity index (χ4v) is 16.5. The molecule has 166 valence electrons. The zero-order valence-corrected chi connectivity index (χ0v) is 20.6. The minimum absolute atomic E-state index is 0.327. The molecule has 0 atom stereocenters. The van der Waals surface area contributed by atoms with Crippen LogP contribution < -0.4 is 17.4 Å². The molecule has 0 N–H and O–H groups in total. The predicted octanol–water partition coefficient (Wildman–Crippen LogP) is 4.37. The van der Waals surface area contributed by atoms with Crippen molar-refractivity contribution in [1.82, 2.24) is 0 Å². The van der Waals surface area contributed by atoms with Gasteiger partial charge >= 0.3 is 202 Å². The van der Waals surface area contributed by atoms with Crippen molar-refractivity contribution in [2.45, 2.75) is 0 Å². The molecule has 0 saturated heterocycles. The van der Waals surface area contributed by atoms with Crippen LogP contribution in [0.2, 0.25) is 0 Å². The Morgan fingerprint density at radius 1 is 0.412 bits per heavy atom. The van der Waals surface area contributed by atoms with Gasteiger partial charge in [0.15, 0.2) is 0 Å². The predicted molar refractivity (Wildman–Crippen MR) is 142 cm³/mol. The van der Waals surface area contributed by atoms with Crippen LogP contribution >= 0.6 is 0 Å². The van der Waals surface area contributed by atoms with Crippen LogP contribution in [0.3, 0.4) is 0 Å². The molecule has 2 nitrogen and oxygen atoms in total. The van der Waals surface area contributed by atoms with Crippen molar-refractivity contribution >= 4 is 36.2 Å². The third-order valence-electron chi connectivity index (χ3n) is 6.27. The molecule has 3 heteroatoms. The second-order valence-electron chi connectivity index (χ2n) is 8.12. The van der Waals surface area contributed by atoms with E-state index in [1.165, 1.54) is 0 Å². The van der Waals surface area contributed by atoms with Gasteiger partial charge in [-0.15, -0.1) is 0 Å². The maximum absolute atomic E-state index is 14.0. The molecule has 0 heterocycles. The summed E-state index contributed by atoms with van der Waals surface area (Å²) in [6.07, 6.45) is 0. The summed E-state index contributed by atoms with van der Waals surface area (Å²) in [5.41, 5.74) is 0.536. The average Bonchev–Trinajstić information content (AvgIpc) is 2.94. The molecule has 34 heavy (non-hydrogen) atoms. The zero-order chi connectivity index (χ0) is 23.3. The van der Waals surface area contributed by atoms with Crippen LogP contribution in [0.1, 0.15) is 10.4 Å². The molecule has 0 aromatic heterocycles. The second-order valence-corrected chi connectivity index (χ2v) is 17.2. The van der Waals surface area contributed by atoms with Crippen LogP contribution in [-0.4, -0.2) is 18.8 Å². The van der Waals surface area contributed by atoms with Crippen molar-refractivity contribution in [2.24, 2.45) is 0 Å². The maximum atomic E-state index is 14.0. The standard InChI is InChI=1S/C31H25AsO2/c33-31(26-16-6-1-7-17-26)34-32(27-18-8-2-9-19-27,28-20-10-3-11-21-28,29-22-12-4-13-23-29)30-24-14-5-15-25-30/h1-25H. The topological polar surface area (TPSA) is 26.3 Å². The molecule has 0 fully saturated rings. The number of hydrogen-bond donors (Lipinski definition) is 0. The summed E-state index contributed by atoms with van der Waals surface area (Å²) in [5, 5.41) is 0. The fourth-order valence-electron chi connectivity index (χ4n) is 4.75. The van der Waals surface area contributed by atoms with E-state index in [9.17, 15) is 4.79 Å². The summed E-state index contributed by atoms with van der Waals surface area (Å²) >= 11 is -4.79. The van der Waals surface area contributed by atoms with Crippen LogP contribution in [-0.2, 0) is 3.73 Å². The van der Waals surface area contributed by atoms with E-state index in [4.69, 9.17) is 3.73 Å². The van der Waals surface area contributed by atoms with E-state index in [1.54, 1.807) is 0 Å². The van der Waals surface area contributed by atoms with E-state index >= 15 is 0 Å². The third kappa shape index (κ3) is 3.39. The summed E-state index contributed by atoms with van der Waals surface area (Å²) in [5.74, 6) is -0.327. The van der Waals surface area contributed by atoms with Gasteiger partial charge in [0.1, 0.15) is 0 Å². The van der Waals surface area contributed by atoms with Gasteiger partial charge in [-0.05, 0) is 0 Å². The molecule has 0 saturated carbocycles. The van der Waals surface area contributed by atoms with Gasteiger partial charge in [0.05, 0.1) is 0 Å². The van der Waals surface area contributed by atoms with Crippen molar-refractivity contribution < 1.29 is 8.52 Å². The van der Waals surface area contributed by atoms with Crippen molar-refractivity contribution in [3.8, 4) is 0 Å². The zero-order valence-electron chi connectivity index (χ0n) is 18.7. The number of carbonyl (C=O) groups excluding carboxylic acids is 1. The Kier molecular flexibility index (Phi) is 5.92. The van der Waals surface area contributed by atoms with E-state index in [0.717, 1.165) is 17.4 Å². The third-order valence-corrected chi connectivity index (χ3v) is 18.2. The van der Waals surface area contributed by atoms with Crippen LogP contribution in [0.5, 0.6) is 0 Å². The number of rotatable bonds is 6. The molecule has 0 aliphatic heterocycles. The fraction of sp³-hybridized carbons (Fsp3) is 0. The van der Waals surface area contributed by atoms with Crippen molar-refractivity contribution in [1.29, 1.82) is 0 Å². The van der Waals surface area contributed by atoms with Gasteiger partial charge in [0, 0.05) is 0 Å². The molecule has 0 aliphatic rings. The molecule has 0 bridgehead atoms. The van der Waals surface area contributed by atoms with Crippen molar-refractivity contribution in [2.75, 3.05) is 0 Å². The van der Waals surface area contributed by atoms with Crippen LogP contribution in [0.25, 0.3) is 0 Å². The van der Waals surface area contributed by atoms with E-state index < -0.39 is 12.8 Å². The molecule has 0 unspecified atom stereocenters. The van der Waals surface area contributed by atoms with Gasteiger partial charge in [0.25, 0.3) is 0 Å². The van der Waals surface area contributed by atoms with Gasteiger partial charge in [-0.1, -0.05) is 0 Å². The Hall–Kier alpha value is -3.87. The van der Waals surface area contributed by atoms with Gasteiger partial charge in [-0.3, -0.25) is 0 Å². The van der Waals surface area contributed by atoms with Gasteiger partial charge in [-0.25, -0.2) is 0 Å². The number of carbonyl (C=O) groups is 1. The Morgan fingerprint density at radius 2 is 0.676 bits per heavy atom. The minimum atomic E-state index is -4.79. The second kappa shape index (κ2) is 9.17. The average molecular weight is 504 g/mol. The summed E-state index contributed by atoms with van der Waals surface area (Å²) in [6, 6.07) is 50.4. The Balaban J connectivity index is 1.98. The van der Waals surface area contributed by atoms with Crippen LogP contribution in [0.4, 0.5) is 0 Å². The van der Waals surface area contributed by atoms with Gasteiger partial charge in [-0.2, -0.15) is 0 Å². The van der Waals surface area contributed by atoms with Crippen molar-refractivity contribution in [3.63, 3.8) is 0 Å². The van der Waals surface area contributed by atoms with Gasteiger partial charge in [0.2, 0.25) is 0 Å². The quantitative estimate of drug-likeness (QED) is 0.321. The monoisotopic (exact) mass is 504 g/mol. The first-order valence-corrected chi connectivity index (χ1v) is 15.8. The van der Waals surface area contributed by atoms with Gasteiger partial charge < -0.3 is 0 Å². The molecule has 0 aliphatic carbocycles. The summed E-state index contributed by atoms with van der Waals surface area (Å²) in [4.78, 5) is 14.0. The SMILES string of the molecule is O=C(O[As](c1ccccc1)(c1ccccc1)(c1ccccc1)c1ccccc1)c1ccccc1. The summed E-state index contributed by atoms with van der Waals surface area (Å²) < 4.78 is 11.2. The van der Waals surface area contributed by atoms with Crippen LogP contribution in [0, 0.1) is 0 Å². The normalized spacial score (nSPS) is 12.3. The Bertz CT molecular complexity index is 1200. The van der Waals surface area contributed by atoms with E-state index in [0.29, 0.717) is 5.56 Å². The Morgan fingerprint density at radius 3 is 0.971 bits per heavy atom. The van der Waals surface area contributed by atoms with Crippen LogP contribution in [0.15, 0.2) is 152 Å². The first kappa shape index (κ1) is 21.9. The molecular formula is C31H25AsO2. The number of hydrogen-bond acceptors (Lipinski definition) is 2. The number of benzene rings is 5. The van der Waals surface area contributed by atoms with E-state index in [2.05, 4.69) is 48.5 Å². The molecule has 0 radical (unpaired) electrons. The molecule has 5 aromatic rings.